The van der Waals surface area contributed by atoms with E-state index in [4.69, 9.17) is 5.73 Å². The summed E-state index contributed by atoms with van der Waals surface area (Å²) in [5.41, 5.74) is 7.12. The molecule has 108 valence electrons. The van der Waals surface area contributed by atoms with Crippen molar-refractivity contribution in [2.75, 3.05) is 6.54 Å². The topological polar surface area (TPSA) is 55.1 Å². The number of hydrogen-bond donors (Lipinski definition) is 2. The molecule has 0 fully saturated rings. The lowest BCUT2D eigenvalue weighted by molar-refractivity contribution is 0.0951. The second-order valence-corrected chi connectivity index (χ2v) is 5.41. The maximum absolute atomic E-state index is 13.2. The van der Waals surface area contributed by atoms with Gasteiger partial charge in [0.05, 0.1) is 13.1 Å². The Balaban J connectivity index is 2.04. The normalized spacial score (nSPS) is 9.86. The van der Waals surface area contributed by atoms with E-state index in [9.17, 15) is 9.18 Å². The van der Waals surface area contributed by atoms with Gasteiger partial charge in [-0.05, 0) is 42.1 Å². The largest absolute Gasteiger partial charge is 0.347 e. The lowest BCUT2D eigenvalue weighted by Gasteiger charge is -2.06. The second-order valence-electron chi connectivity index (χ2n) is 4.41. The van der Waals surface area contributed by atoms with Gasteiger partial charge in [0, 0.05) is 16.0 Å². The minimum absolute atomic E-state index is 0.232. The highest BCUT2D eigenvalue weighted by Crippen LogP contribution is 2.16. The van der Waals surface area contributed by atoms with Gasteiger partial charge in [-0.2, -0.15) is 0 Å². The number of nitrogens with two attached hydrogens (primary N) is 1. The lowest BCUT2D eigenvalue weighted by Crippen LogP contribution is -2.22. The number of halogens is 1. The Kier molecular flexibility index (Phi) is 5.09. The molecule has 0 saturated heterocycles. The van der Waals surface area contributed by atoms with Crippen molar-refractivity contribution in [1.82, 2.24) is 5.32 Å². The smallest absolute Gasteiger partial charge is 0.251 e. The summed E-state index contributed by atoms with van der Waals surface area (Å²) < 4.78 is 13.2. The molecule has 1 aromatic heterocycles. The van der Waals surface area contributed by atoms with Crippen molar-refractivity contribution in [3.8, 4) is 11.8 Å². The molecule has 0 unspecified atom stereocenters. The first-order valence-corrected chi connectivity index (χ1v) is 7.29. The highest BCUT2D eigenvalue weighted by molar-refractivity contribution is 7.10. The molecule has 3 nitrogen and oxygen atoms in total. The monoisotopic (exact) mass is 302 g/mol. The maximum atomic E-state index is 13.2. The number of benzene rings is 1. The molecule has 2 aromatic rings. The van der Waals surface area contributed by atoms with Gasteiger partial charge in [-0.25, -0.2) is 4.39 Å². The van der Waals surface area contributed by atoms with Gasteiger partial charge in [-0.15, -0.1) is 11.3 Å². The van der Waals surface area contributed by atoms with Crippen molar-refractivity contribution < 1.29 is 9.18 Å². The SMILES string of the molecule is Cc1cc(C(=O)NCc2sccc2C#CCN)ccc1F. The van der Waals surface area contributed by atoms with E-state index in [-0.39, 0.29) is 11.7 Å². The number of amides is 1. The molecule has 1 aromatic carbocycles. The average molecular weight is 302 g/mol. The quantitative estimate of drug-likeness (QED) is 0.856. The molecule has 0 aliphatic carbocycles. The first kappa shape index (κ1) is 15.2. The summed E-state index contributed by atoms with van der Waals surface area (Å²) in [5.74, 6) is 5.21. The summed E-state index contributed by atoms with van der Waals surface area (Å²) in [6.07, 6.45) is 0. The van der Waals surface area contributed by atoms with Crippen LogP contribution in [-0.4, -0.2) is 12.5 Å². The van der Waals surface area contributed by atoms with Crippen molar-refractivity contribution in [3.63, 3.8) is 0 Å². The Labute approximate surface area is 127 Å². The highest BCUT2D eigenvalue weighted by atomic mass is 32.1. The van der Waals surface area contributed by atoms with E-state index in [0.29, 0.717) is 24.2 Å². The van der Waals surface area contributed by atoms with Crippen LogP contribution < -0.4 is 11.1 Å². The Hall–Kier alpha value is -2.16. The van der Waals surface area contributed by atoms with E-state index < -0.39 is 0 Å². The fourth-order valence-electron chi connectivity index (χ4n) is 1.78. The third-order valence-electron chi connectivity index (χ3n) is 2.90. The number of thiophene rings is 1. The van der Waals surface area contributed by atoms with Gasteiger partial charge in [0.1, 0.15) is 5.82 Å². The Morgan fingerprint density at radius 2 is 2.24 bits per heavy atom. The summed E-state index contributed by atoms with van der Waals surface area (Å²) in [7, 11) is 0. The highest BCUT2D eigenvalue weighted by Gasteiger charge is 2.09. The van der Waals surface area contributed by atoms with Crippen LogP contribution in [0.25, 0.3) is 0 Å². The van der Waals surface area contributed by atoms with Gasteiger partial charge in [0.15, 0.2) is 0 Å². The van der Waals surface area contributed by atoms with Crippen molar-refractivity contribution in [1.29, 1.82) is 0 Å². The van der Waals surface area contributed by atoms with Gasteiger partial charge in [-0.3, -0.25) is 4.79 Å². The minimum Gasteiger partial charge on any atom is -0.347 e. The number of nitrogens with one attached hydrogen (secondary N) is 1. The molecular formula is C16H15FN2OS. The number of carbonyl (C=O) groups is 1. The van der Waals surface area contributed by atoms with Crippen molar-refractivity contribution in [2.45, 2.75) is 13.5 Å². The van der Waals surface area contributed by atoms with E-state index in [1.807, 2.05) is 11.4 Å². The predicted molar refractivity (Wildman–Crippen MR) is 82.6 cm³/mol. The van der Waals surface area contributed by atoms with Gasteiger partial charge in [0.25, 0.3) is 5.91 Å². The first-order chi connectivity index (χ1) is 10.1. The molecule has 1 amide bonds. The Morgan fingerprint density at radius 3 is 2.95 bits per heavy atom. The number of hydrogen-bond acceptors (Lipinski definition) is 3. The molecule has 0 atom stereocenters. The van der Waals surface area contributed by atoms with Crippen LogP contribution >= 0.6 is 11.3 Å². The Morgan fingerprint density at radius 1 is 1.43 bits per heavy atom. The van der Waals surface area contributed by atoms with Gasteiger partial charge in [0.2, 0.25) is 0 Å². The number of carbonyl (C=O) groups excluding carboxylic acids is 1. The van der Waals surface area contributed by atoms with E-state index >= 15 is 0 Å². The standard InChI is InChI=1S/C16H15FN2OS/c1-11-9-13(4-5-14(11)17)16(20)19-10-15-12(3-2-7-18)6-8-21-15/h4-6,8-9H,7,10,18H2,1H3,(H,19,20). The van der Waals surface area contributed by atoms with E-state index in [2.05, 4.69) is 17.2 Å². The van der Waals surface area contributed by atoms with Crippen LogP contribution in [0.5, 0.6) is 0 Å². The third kappa shape index (κ3) is 3.91. The van der Waals surface area contributed by atoms with E-state index in [1.165, 1.54) is 29.5 Å². The molecule has 1 heterocycles. The summed E-state index contributed by atoms with van der Waals surface area (Å²) in [5, 5.41) is 4.74. The van der Waals surface area contributed by atoms with Crippen LogP contribution in [0.2, 0.25) is 0 Å². The van der Waals surface area contributed by atoms with Crippen LogP contribution in [-0.2, 0) is 6.54 Å². The number of aryl methyl sites for hydroxylation is 1. The minimum atomic E-state index is -0.316. The molecule has 0 aliphatic heterocycles. The zero-order valence-electron chi connectivity index (χ0n) is 11.6. The lowest BCUT2D eigenvalue weighted by atomic mass is 10.1. The van der Waals surface area contributed by atoms with Crippen LogP contribution in [0.1, 0.15) is 26.4 Å². The molecule has 0 bridgehead atoms. The summed E-state index contributed by atoms with van der Waals surface area (Å²) in [6.45, 7) is 2.32. The predicted octanol–water partition coefficient (Wildman–Crippen LogP) is 2.44. The molecule has 0 spiro atoms. The average Bonchev–Trinajstić information content (AvgIpc) is 2.92. The molecule has 0 radical (unpaired) electrons. The fourth-order valence-corrected chi connectivity index (χ4v) is 2.55. The molecule has 5 heteroatoms. The van der Waals surface area contributed by atoms with Crippen LogP contribution in [0.4, 0.5) is 4.39 Å². The van der Waals surface area contributed by atoms with Crippen molar-refractivity contribution in [3.05, 3.63) is 57.0 Å². The van der Waals surface area contributed by atoms with Crippen LogP contribution in [0.3, 0.4) is 0 Å². The Bertz CT molecular complexity index is 713. The zero-order chi connectivity index (χ0) is 15.2. The summed E-state index contributed by atoms with van der Waals surface area (Å²) >= 11 is 1.52. The van der Waals surface area contributed by atoms with Gasteiger partial charge < -0.3 is 11.1 Å². The van der Waals surface area contributed by atoms with Crippen LogP contribution in [0, 0.1) is 24.6 Å². The van der Waals surface area contributed by atoms with Crippen molar-refractivity contribution >= 4 is 17.2 Å². The first-order valence-electron chi connectivity index (χ1n) is 6.41. The molecule has 2 rings (SSSR count). The fraction of sp³-hybridized carbons (Fsp3) is 0.188. The zero-order valence-corrected chi connectivity index (χ0v) is 12.4. The second kappa shape index (κ2) is 7.02. The van der Waals surface area contributed by atoms with Crippen molar-refractivity contribution in [2.24, 2.45) is 5.73 Å². The van der Waals surface area contributed by atoms with E-state index in [1.54, 1.807) is 6.92 Å². The summed E-state index contributed by atoms with van der Waals surface area (Å²) in [4.78, 5) is 13.0. The molecule has 3 N–H and O–H groups in total. The number of rotatable bonds is 3. The molecule has 0 aliphatic rings. The summed E-state index contributed by atoms with van der Waals surface area (Å²) in [6, 6.07) is 6.21. The van der Waals surface area contributed by atoms with E-state index in [0.717, 1.165) is 10.4 Å². The van der Waals surface area contributed by atoms with Gasteiger partial charge in [-0.1, -0.05) is 11.8 Å². The van der Waals surface area contributed by atoms with Crippen LogP contribution in [0.15, 0.2) is 29.6 Å². The molecule has 21 heavy (non-hydrogen) atoms. The maximum Gasteiger partial charge on any atom is 0.251 e. The molecule has 0 saturated carbocycles. The molecular weight excluding hydrogens is 287 g/mol. The van der Waals surface area contributed by atoms with Gasteiger partial charge >= 0.3 is 0 Å². The third-order valence-corrected chi connectivity index (χ3v) is 3.82.